The molecule has 1 heterocycles. The zero-order chi connectivity index (χ0) is 17.6. The molecule has 7 heteroatoms. The van der Waals surface area contributed by atoms with Gasteiger partial charge in [-0.05, 0) is 31.0 Å². The van der Waals surface area contributed by atoms with Crippen LogP contribution in [0.5, 0.6) is 5.75 Å². The van der Waals surface area contributed by atoms with Crippen molar-refractivity contribution in [3.63, 3.8) is 0 Å². The maximum atomic E-state index is 13.0. The molecular weight excluding hydrogens is 328 g/mol. The van der Waals surface area contributed by atoms with E-state index in [0.29, 0.717) is 13.1 Å². The minimum absolute atomic E-state index is 0.0141. The van der Waals surface area contributed by atoms with Gasteiger partial charge in [0.05, 0.1) is 13.7 Å². The first-order valence-electron chi connectivity index (χ1n) is 7.90. The average molecular weight is 350 g/mol. The maximum absolute atomic E-state index is 13.0. The van der Waals surface area contributed by atoms with Crippen LogP contribution in [-0.2, 0) is 10.0 Å². The summed E-state index contributed by atoms with van der Waals surface area (Å²) in [6.07, 6.45) is 8.85. The Morgan fingerprint density at radius 2 is 1.96 bits per heavy atom. The van der Waals surface area contributed by atoms with Gasteiger partial charge in [-0.3, -0.25) is 4.79 Å². The lowest BCUT2D eigenvalue weighted by atomic mass is 10.2. The summed E-state index contributed by atoms with van der Waals surface area (Å²) in [5.74, 6) is 2.13. The lowest BCUT2D eigenvalue weighted by Crippen LogP contribution is -2.32. The Morgan fingerprint density at radius 1 is 1.29 bits per heavy atom. The van der Waals surface area contributed by atoms with Gasteiger partial charge in [-0.1, -0.05) is 18.8 Å². The van der Waals surface area contributed by atoms with Crippen molar-refractivity contribution in [2.24, 2.45) is 0 Å². The number of hydrogen-bond donors (Lipinski definition) is 1. The van der Waals surface area contributed by atoms with Crippen molar-refractivity contribution in [2.45, 2.75) is 30.6 Å². The first-order valence-corrected chi connectivity index (χ1v) is 9.34. The summed E-state index contributed by atoms with van der Waals surface area (Å²) >= 11 is 0. The molecule has 1 N–H and O–H groups in total. The summed E-state index contributed by atoms with van der Waals surface area (Å²) in [6.45, 7) is 1.05. The van der Waals surface area contributed by atoms with E-state index < -0.39 is 15.9 Å². The summed E-state index contributed by atoms with van der Waals surface area (Å²) < 4.78 is 32.7. The van der Waals surface area contributed by atoms with Crippen molar-refractivity contribution in [2.75, 3.05) is 26.7 Å². The molecule has 0 radical (unpaired) electrons. The average Bonchev–Trinajstić information content (AvgIpc) is 2.89. The number of ether oxygens (including phenoxy) is 1. The van der Waals surface area contributed by atoms with E-state index in [1.807, 2.05) is 0 Å². The fraction of sp³-hybridized carbons (Fsp3) is 0.471. The van der Waals surface area contributed by atoms with Gasteiger partial charge in [-0.25, -0.2) is 8.42 Å². The molecule has 0 unspecified atom stereocenters. The summed E-state index contributed by atoms with van der Waals surface area (Å²) in [6, 6.07) is 4.37. The van der Waals surface area contributed by atoms with Gasteiger partial charge < -0.3 is 10.1 Å². The van der Waals surface area contributed by atoms with Gasteiger partial charge in [0.1, 0.15) is 10.6 Å². The van der Waals surface area contributed by atoms with E-state index in [2.05, 4.69) is 11.2 Å². The first-order chi connectivity index (χ1) is 11.5. The number of hydrogen-bond acceptors (Lipinski definition) is 4. The van der Waals surface area contributed by atoms with Gasteiger partial charge in [0, 0.05) is 18.7 Å². The van der Waals surface area contributed by atoms with E-state index >= 15 is 0 Å². The number of sulfonamides is 1. The Balaban J connectivity index is 2.39. The number of nitrogens with one attached hydrogen (secondary N) is 1. The lowest BCUT2D eigenvalue weighted by molar-refractivity contribution is 0.0958. The number of carbonyl (C=O) groups excluding carboxylic acids is 1. The standard InChI is InChI=1S/C17H22N2O4S/c1-3-10-18-17(20)14-8-9-15(23-2)16(13-14)24(21,22)19-11-6-4-5-7-12-19/h1,8-9,13H,4-7,10-12H2,2H3,(H,18,20). The highest BCUT2D eigenvalue weighted by molar-refractivity contribution is 7.89. The van der Waals surface area contributed by atoms with Crippen LogP contribution >= 0.6 is 0 Å². The zero-order valence-corrected chi connectivity index (χ0v) is 14.6. The Kier molecular flexibility index (Phi) is 6.23. The molecule has 130 valence electrons. The zero-order valence-electron chi connectivity index (χ0n) is 13.7. The number of carbonyl (C=O) groups is 1. The molecule has 6 nitrogen and oxygen atoms in total. The topological polar surface area (TPSA) is 75.7 Å². The second kappa shape index (κ2) is 8.18. The van der Waals surface area contributed by atoms with Crippen molar-refractivity contribution in [1.82, 2.24) is 9.62 Å². The normalized spacial score (nSPS) is 16.0. The molecule has 0 aromatic heterocycles. The molecule has 1 fully saturated rings. The summed E-state index contributed by atoms with van der Waals surface area (Å²) in [4.78, 5) is 12.1. The molecule has 1 aliphatic heterocycles. The van der Waals surface area contributed by atoms with Crippen molar-refractivity contribution in [3.8, 4) is 18.1 Å². The van der Waals surface area contributed by atoms with Crippen LogP contribution in [0.4, 0.5) is 0 Å². The molecule has 1 saturated heterocycles. The molecule has 1 aliphatic rings. The van der Waals surface area contributed by atoms with Crippen LogP contribution < -0.4 is 10.1 Å². The van der Waals surface area contributed by atoms with Gasteiger partial charge in [0.2, 0.25) is 10.0 Å². The fourth-order valence-electron chi connectivity index (χ4n) is 2.67. The van der Waals surface area contributed by atoms with Crippen LogP contribution in [0, 0.1) is 12.3 Å². The molecule has 1 amide bonds. The number of rotatable bonds is 5. The van der Waals surface area contributed by atoms with Crippen LogP contribution in [-0.4, -0.2) is 45.4 Å². The molecule has 1 aromatic rings. The highest BCUT2D eigenvalue weighted by Gasteiger charge is 2.29. The largest absolute Gasteiger partial charge is 0.495 e. The van der Waals surface area contributed by atoms with Crippen LogP contribution in [0.25, 0.3) is 0 Å². The minimum atomic E-state index is -3.72. The molecule has 0 spiro atoms. The predicted molar refractivity (Wildman–Crippen MR) is 91.4 cm³/mol. The van der Waals surface area contributed by atoms with Crippen LogP contribution in [0.3, 0.4) is 0 Å². The van der Waals surface area contributed by atoms with Gasteiger partial charge in [-0.2, -0.15) is 4.31 Å². The third-order valence-corrected chi connectivity index (χ3v) is 5.88. The van der Waals surface area contributed by atoms with E-state index in [0.717, 1.165) is 25.7 Å². The highest BCUT2D eigenvalue weighted by Crippen LogP contribution is 2.29. The monoisotopic (exact) mass is 350 g/mol. The van der Waals surface area contributed by atoms with Crippen molar-refractivity contribution in [1.29, 1.82) is 0 Å². The molecule has 0 saturated carbocycles. The smallest absolute Gasteiger partial charge is 0.252 e. The molecule has 24 heavy (non-hydrogen) atoms. The molecular formula is C17H22N2O4S. The predicted octanol–water partition coefficient (Wildman–Crippen LogP) is 1.62. The Labute approximate surface area is 143 Å². The fourth-order valence-corrected chi connectivity index (χ4v) is 4.37. The van der Waals surface area contributed by atoms with Crippen LogP contribution in [0.15, 0.2) is 23.1 Å². The van der Waals surface area contributed by atoms with Crippen LogP contribution in [0.2, 0.25) is 0 Å². The number of methoxy groups -OCH3 is 1. The van der Waals surface area contributed by atoms with E-state index in [1.54, 1.807) is 0 Å². The highest BCUT2D eigenvalue weighted by atomic mass is 32.2. The number of nitrogens with zero attached hydrogens (tertiary/aromatic N) is 1. The second-order valence-electron chi connectivity index (χ2n) is 5.57. The van der Waals surface area contributed by atoms with E-state index in [4.69, 9.17) is 11.2 Å². The first kappa shape index (κ1) is 18.3. The van der Waals surface area contributed by atoms with E-state index in [1.165, 1.54) is 29.6 Å². The Hall–Kier alpha value is -2.04. The van der Waals surface area contributed by atoms with Gasteiger partial charge in [0.15, 0.2) is 0 Å². The summed E-state index contributed by atoms with van der Waals surface area (Å²) in [7, 11) is -2.31. The maximum Gasteiger partial charge on any atom is 0.252 e. The molecule has 0 atom stereocenters. The SMILES string of the molecule is C#CCNC(=O)c1ccc(OC)c(S(=O)(=O)N2CCCCCC2)c1. The molecule has 0 aliphatic carbocycles. The molecule has 1 aromatic carbocycles. The van der Waals surface area contributed by atoms with Crippen LogP contribution in [0.1, 0.15) is 36.0 Å². The molecule has 2 rings (SSSR count). The third-order valence-electron chi connectivity index (χ3n) is 3.96. The third kappa shape index (κ3) is 4.08. The quantitative estimate of drug-likeness (QED) is 0.819. The van der Waals surface area contributed by atoms with E-state index in [9.17, 15) is 13.2 Å². The van der Waals surface area contributed by atoms with Crippen molar-refractivity contribution < 1.29 is 17.9 Å². The van der Waals surface area contributed by atoms with Gasteiger partial charge >= 0.3 is 0 Å². The number of benzene rings is 1. The second-order valence-corrected chi connectivity index (χ2v) is 7.48. The van der Waals surface area contributed by atoms with Crippen molar-refractivity contribution >= 4 is 15.9 Å². The summed E-state index contributed by atoms with van der Waals surface area (Å²) in [5.41, 5.74) is 0.236. The van der Waals surface area contributed by atoms with E-state index in [-0.39, 0.29) is 22.8 Å². The number of amides is 1. The summed E-state index contributed by atoms with van der Waals surface area (Å²) in [5, 5.41) is 2.53. The lowest BCUT2D eigenvalue weighted by Gasteiger charge is -2.21. The molecule has 0 bridgehead atoms. The minimum Gasteiger partial charge on any atom is -0.495 e. The van der Waals surface area contributed by atoms with Crippen molar-refractivity contribution in [3.05, 3.63) is 23.8 Å². The Morgan fingerprint density at radius 3 is 2.54 bits per heavy atom. The Bertz CT molecular complexity index is 729. The van der Waals surface area contributed by atoms with Gasteiger partial charge in [0.25, 0.3) is 5.91 Å². The van der Waals surface area contributed by atoms with Gasteiger partial charge in [-0.15, -0.1) is 6.42 Å². The number of terminal acetylenes is 1.